The standard InChI is InChI=1S/C15H17N3O2S/c16-14(20)11-7-9(5-6-13(11)19)12-8-21-15(18-12)17-10-3-1-2-4-10/h5-8,10,19H,1-4H2,(H2,16,20)(H,17,18). The second-order valence-electron chi connectivity index (χ2n) is 5.26. The van der Waals surface area contributed by atoms with Crippen LogP contribution in [-0.4, -0.2) is 22.0 Å². The Morgan fingerprint density at radius 1 is 1.38 bits per heavy atom. The van der Waals surface area contributed by atoms with E-state index in [-0.39, 0.29) is 11.3 Å². The number of carbonyl (C=O) groups excluding carboxylic acids is 1. The van der Waals surface area contributed by atoms with Gasteiger partial charge in [0.2, 0.25) is 0 Å². The van der Waals surface area contributed by atoms with Crippen LogP contribution in [0.1, 0.15) is 36.0 Å². The zero-order valence-electron chi connectivity index (χ0n) is 11.5. The summed E-state index contributed by atoms with van der Waals surface area (Å²) in [5, 5.41) is 15.9. The van der Waals surface area contributed by atoms with Crippen LogP contribution in [0.15, 0.2) is 23.6 Å². The highest BCUT2D eigenvalue weighted by molar-refractivity contribution is 7.14. The first kappa shape index (κ1) is 13.9. The summed E-state index contributed by atoms with van der Waals surface area (Å²) in [6, 6.07) is 5.30. The summed E-state index contributed by atoms with van der Waals surface area (Å²) in [5.41, 5.74) is 6.92. The van der Waals surface area contributed by atoms with Crippen molar-refractivity contribution in [2.45, 2.75) is 31.7 Å². The van der Waals surface area contributed by atoms with Gasteiger partial charge in [-0.25, -0.2) is 4.98 Å². The van der Waals surface area contributed by atoms with Gasteiger partial charge >= 0.3 is 0 Å². The molecule has 5 nitrogen and oxygen atoms in total. The molecule has 0 atom stereocenters. The fourth-order valence-corrected chi connectivity index (χ4v) is 3.41. The van der Waals surface area contributed by atoms with E-state index in [0.29, 0.717) is 6.04 Å². The SMILES string of the molecule is NC(=O)c1cc(-c2csc(NC3CCCC3)n2)ccc1O. The van der Waals surface area contributed by atoms with Crippen molar-refractivity contribution in [3.63, 3.8) is 0 Å². The minimum atomic E-state index is -0.645. The van der Waals surface area contributed by atoms with Gasteiger partial charge in [-0.05, 0) is 31.0 Å². The van der Waals surface area contributed by atoms with E-state index < -0.39 is 5.91 Å². The maximum Gasteiger partial charge on any atom is 0.252 e. The molecule has 2 aromatic rings. The van der Waals surface area contributed by atoms with Gasteiger partial charge in [0, 0.05) is 17.0 Å². The third-order valence-electron chi connectivity index (χ3n) is 3.74. The second kappa shape index (κ2) is 5.73. The van der Waals surface area contributed by atoms with E-state index in [1.54, 1.807) is 23.5 Å². The summed E-state index contributed by atoms with van der Waals surface area (Å²) in [6.07, 6.45) is 4.94. The van der Waals surface area contributed by atoms with E-state index in [0.717, 1.165) is 16.4 Å². The third-order valence-corrected chi connectivity index (χ3v) is 4.52. The number of nitrogens with zero attached hydrogens (tertiary/aromatic N) is 1. The largest absolute Gasteiger partial charge is 0.507 e. The fourth-order valence-electron chi connectivity index (χ4n) is 2.61. The summed E-state index contributed by atoms with van der Waals surface area (Å²) < 4.78 is 0. The van der Waals surface area contributed by atoms with Gasteiger partial charge in [0.25, 0.3) is 5.91 Å². The van der Waals surface area contributed by atoms with Gasteiger partial charge in [0.1, 0.15) is 5.75 Å². The molecule has 0 bridgehead atoms. The van der Waals surface area contributed by atoms with E-state index >= 15 is 0 Å². The van der Waals surface area contributed by atoms with Crippen LogP contribution >= 0.6 is 11.3 Å². The van der Waals surface area contributed by atoms with Crippen LogP contribution in [0.4, 0.5) is 5.13 Å². The van der Waals surface area contributed by atoms with Gasteiger partial charge in [0.05, 0.1) is 11.3 Å². The van der Waals surface area contributed by atoms with Crippen LogP contribution in [0, 0.1) is 0 Å². The average Bonchev–Trinajstić information content (AvgIpc) is 3.11. The number of hydrogen-bond donors (Lipinski definition) is 3. The maximum atomic E-state index is 11.3. The summed E-state index contributed by atoms with van der Waals surface area (Å²) in [4.78, 5) is 15.8. The number of phenols is 1. The number of carbonyl (C=O) groups is 1. The number of primary amides is 1. The highest BCUT2D eigenvalue weighted by atomic mass is 32.1. The number of rotatable bonds is 4. The van der Waals surface area contributed by atoms with E-state index in [1.165, 1.54) is 31.7 Å². The quantitative estimate of drug-likeness (QED) is 0.810. The molecule has 1 saturated carbocycles. The van der Waals surface area contributed by atoms with E-state index in [4.69, 9.17) is 5.73 Å². The van der Waals surface area contributed by atoms with Gasteiger partial charge in [-0.3, -0.25) is 4.79 Å². The number of aromatic hydroxyl groups is 1. The number of amides is 1. The molecule has 6 heteroatoms. The van der Waals surface area contributed by atoms with Crippen molar-refractivity contribution >= 4 is 22.4 Å². The van der Waals surface area contributed by atoms with Crippen molar-refractivity contribution in [3.8, 4) is 17.0 Å². The van der Waals surface area contributed by atoms with Gasteiger partial charge in [-0.1, -0.05) is 12.8 Å². The Kier molecular flexibility index (Phi) is 3.79. The molecule has 1 aliphatic rings. The first-order chi connectivity index (χ1) is 10.1. The maximum absolute atomic E-state index is 11.3. The molecule has 1 fully saturated rings. The topological polar surface area (TPSA) is 88.2 Å². The molecule has 1 aromatic heterocycles. The van der Waals surface area contributed by atoms with E-state index in [2.05, 4.69) is 10.3 Å². The van der Waals surface area contributed by atoms with Crippen molar-refractivity contribution in [1.82, 2.24) is 4.98 Å². The second-order valence-corrected chi connectivity index (χ2v) is 6.12. The van der Waals surface area contributed by atoms with Gasteiger partial charge in [0.15, 0.2) is 5.13 Å². The summed E-state index contributed by atoms with van der Waals surface area (Å²) in [7, 11) is 0. The molecular formula is C15H17N3O2S. The van der Waals surface area contributed by atoms with Crippen molar-refractivity contribution in [3.05, 3.63) is 29.1 Å². The Hall–Kier alpha value is -2.08. The summed E-state index contributed by atoms with van der Waals surface area (Å²) >= 11 is 1.55. The number of nitrogens with one attached hydrogen (secondary N) is 1. The van der Waals surface area contributed by atoms with Crippen LogP contribution in [0.3, 0.4) is 0 Å². The first-order valence-electron chi connectivity index (χ1n) is 6.99. The monoisotopic (exact) mass is 303 g/mol. The lowest BCUT2D eigenvalue weighted by Crippen LogP contribution is -2.14. The number of anilines is 1. The molecule has 0 radical (unpaired) electrons. The molecule has 1 aliphatic carbocycles. The van der Waals surface area contributed by atoms with Gasteiger partial charge in [-0.2, -0.15) is 0 Å². The Balaban J connectivity index is 1.82. The Bertz CT molecular complexity index is 663. The zero-order chi connectivity index (χ0) is 14.8. The lowest BCUT2D eigenvalue weighted by Gasteiger charge is -2.09. The van der Waals surface area contributed by atoms with Crippen molar-refractivity contribution in [1.29, 1.82) is 0 Å². The molecule has 0 saturated heterocycles. The number of benzene rings is 1. The highest BCUT2D eigenvalue weighted by Crippen LogP contribution is 2.30. The number of thiazole rings is 1. The normalized spacial score (nSPS) is 15.2. The molecular weight excluding hydrogens is 286 g/mol. The lowest BCUT2D eigenvalue weighted by molar-refractivity contribution is 0.0998. The highest BCUT2D eigenvalue weighted by Gasteiger charge is 2.16. The average molecular weight is 303 g/mol. The molecule has 3 rings (SSSR count). The molecule has 110 valence electrons. The third kappa shape index (κ3) is 3.00. The predicted molar refractivity (Wildman–Crippen MR) is 83.6 cm³/mol. The number of hydrogen-bond acceptors (Lipinski definition) is 5. The lowest BCUT2D eigenvalue weighted by atomic mass is 10.1. The minimum Gasteiger partial charge on any atom is -0.507 e. The Labute approximate surface area is 126 Å². The predicted octanol–water partition coefficient (Wildman–Crippen LogP) is 2.97. The van der Waals surface area contributed by atoms with Crippen LogP contribution < -0.4 is 11.1 Å². The number of aromatic nitrogens is 1. The molecule has 0 unspecified atom stereocenters. The van der Waals surface area contributed by atoms with E-state index in [9.17, 15) is 9.90 Å². The smallest absolute Gasteiger partial charge is 0.252 e. The molecule has 21 heavy (non-hydrogen) atoms. The summed E-state index contributed by atoms with van der Waals surface area (Å²) in [5.74, 6) is -0.750. The van der Waals surface area contributed by atoms with Gasteiger partial charge in [-0.15, -0.1) is 11.3 Å². The van der Waals surface area contributed by atoms with Crippen molar-refractivity contribution in [2.24, 2.45) is 5.73 Å². The van der Waals surface area contributed by atoms with Crippen LogP contribution in [0.2, 0.25) is 0 Å². The van der Waals surface area contributed by atoms with Crippen LogP contribution in [0.25, 0.3) is 11.3 Å². The Morgan fingerprint density at radius 2 is 2.14 bits per heavy atom. The van der Waals surface area contributed by atoms with Crippen LogP contribution in [-0.2, 0) is 0 Å². The van der Waals surface area contributed by atoms with Crippen LogP contribution in [0.5, 0.6) is 5.75 Å². The zero-order valence-corrected chi connectivity index (χ0v) is 12.3. The van der Waals surface area contributed by atoms with Crippen molar-refractivity contribution in [2.75, 3.05) is 5.32 Å². The fraction of sp³-hybridized carbons (Fsp3) is 0.333. The molecule has 4 N–H and O–H groups in total. The molecule has 0 spiro atoms. The van der Waals surface area contributed by atoms with Gasteiger partial charge < -0.3 is 16.2 Å². The van der Waals surface area contributed by atoms with E-state index in [1.807, 2.05) is 5.38 Å². The molecule has 1 aromatic carbocycles. The van der Waals surface area contributed by atoms with Crippen molar-refractivity contribution < 1.29 is 9.90 Å². The minimum absolute atomic E-state index is 0.106. The number of nitrogens with two attached hydrogens (primary N) is 1. The first-order valence-corrected chi connectivity index (χ1v) is 7.86. The molecule has 1 amide bonds. The molecule has 1 heterocycles. The summed E-state index contributed by atoms with van der Waals surface area (Å²) in [6.45, 7) is 0. The molecule has 0 aliphatic heterocycles. The Morgan fingerprint density at radius 3 is 2.86 bits per heavy atom.